The minimum Gasteiger partial charge on any atom is -0.375 e. The SMILES string of the molecule is CCCCCCc1ccc(C(=O)C[C@H](COC(C)(C)C)C(=O)N[C@H](C)C(=O)CCC(=O)N(C)[C@H](C(=O)C[C@@H](C)C(=O)N[C@@H](CC(=O)NC(c2ccccc2)(c2ccccc2)c2ccccc2)C(=O)CC(C)C(=O)C(=O)CC)C(C)OC(C)(C)C)cc1. The lowest BCUT2D eigenvalue weighted by molar-refractivity contribution is -0.150. The average Bonchev–Trinajstić information content (AvgIpc) is 0.830. The van der Waals surface area contributed by atoms with E-state index in [0.717, 1.165) is 31.2 Å². The Kier molecular flexibility index (Phi) is 27.8. The highest BCUT2D eigenvalue weighted by Crippen LogP contribution is 2.37. The second-order valence-electron chi connectivity index (χ2n) is 24.8. The van der Waals surface area contributed by atoms with E-state index in [1.807, 2.05) is 124 Å². The molecule has 86 heavy (non-hydrogen) atoms. The topological polar surface area (TPSA) is 228 Å². The van der Waals surface area contributed by atoms with Crippen LogP contribution in [0.5, 0.6) is 0 Å². The number of Topliss-reactive ketones (excluding diaryl/α,β-unsaturated/α-hetero) is 6. The van der Waals surface area contributed by atoms with E-state index in [1.54, 1.807) is 39.8 Å². The molecule has 466 valence electrons. The van der Waals surface area contributed by atoms with Gasteiger partial charge in [-0.2, -0.15) is 0 Å². The molecule has 0 aliphatic carbocycles. The van der Waals surface area contributed by atoms with Gasteiger partial charge in [0, 0.05) is 63.0 Å². The minimum absolute atomic E-state index is 0.0692. The lowest BCUT2D eigenvalue weighted by Gasteiger charge is -2.37. The van der Waals surface area contributed by atoms with Crippen LogP contribution in [0.4, 0.5) is 0 Å². The quantitative estimate of drug-likeness (QED) is 0.0167. The molecule has 0 spiro atoms. The third-order valence-electron chi connectivity index (χ3n) is 15.2. The molecule has 0 aliphatic rings. The largest absolute Gasteiger partial charge is 0.375 e. The maximum absolute atomic E-state index is 14.7. The van der Waals surface area contributed by atoms with Gasteiger partial charge in [-0.15, -0.1) is 0 Å². The van der Waals surface area contributed by atoms with Gasteiger partial charge in [-0.05, 0) is 90.5 Å². The van der Waals surface area contributed by atoms with Crippen LogP contribution in [0.3, 0.4) is 0 Å². The van der Waals surface area contributed by atoms with E-state index in [-0.39, 0.29) is 38.1 Å². The minimum atomic E-state index is -1.52. The predicted molar refractivity (Wildman–Crippen MR) is 333 cm³/mol. The third kappa shape index (κ3) is 21.9. The summed E-state index contributed by atoms with van der Waals surface area (Å²) in [5.74, 6) is -9.07. The van der Waals surface area contributed by atoms with Crippen LogP contribution in [0.15, 0.2) is 115 Å². The fraction of sp³-hybridized carbons (Fsp3) is 0.514. The number of carbonyl (C=O) groups excluding carboxylic acids is 10. The number of hydrogen-bond acceptors (Lipinski definition) is 12. The molecule has 0 saturated carbocycles. The first-order chi connectivity index (χ1) is 40.5. The number of aryl methyl sites for hydroxylation is 1. The summed E-state index contributed by atoms with van der Waals surface area (Å²) >= 11 is 0. The van der Waals surface area contributed by atoms with Gasteiger partial charge in [0.2, 0.25) is 29.4 Å². The molecule has 3 N–H and O–H groups in total. The number of hydrogen-bond donors (Lipinski definition) is 3. The molecular formula is C70H94N4O12. The van der Waals surface area contributed by atoms with E-state index in [0.29, 0.717) is 22.3 Å². The van der Waals surface area contributed by atoms with Gasteiger partial charge in [-0.1, -0.05) is 162 Å². The van der Waals surface area contributed by atoms with Crippen molar-refractivity contribution in [3.63, 3.8) is 0 Å². The fourth-order valence-electron chi connectivity index (χ4n) is 10.4. The molecule has 0 bridgehead atoms. The Morgan fingerprint density at radius 2 is 1.09 bits per heavy atom. The number of nitrogens with zero attached hydrogens (tertiary/aromatic N) is 1. The van der Waals surface area contributed by atoms with Crippen LogP contribution in [-0.4, -0.2) is 112 Å². The summed E-state index contributed by atoms with van der Waals surface area (Å²) < 4.78 is 12.2. The number of likely N-dealkylation sites (N-methyl/N-ethyl adjacent to an activating group) is 1. The van der Waals surface area contributed by atoms with Crippen molar-refractivity contribution in [1.82, 2.24) is 20.9 Å². The zero-order valence-corrected chi connectivity index (χ0v) is 53.0. The number of nitrogens with one attached hydrogen (secondary N) is 3. The van der Waals surface area contributed by atoms with Crippen LogP contribution >= 0.6 is 0 Å². The molecule has 4 aromatic rings. The van der Waals surface area contributed by atoms with Gasteiger partial charge in [-0.25, -0.2) is 0 Å². The van der Waals surface area contributed by atoms with Crippen molar-refractivity contribution in [3.8, 4) is 0 Å². The Hall–Kier alpha value is -7.30. The molecule has 0 radical (unpaired) electrons. The average molecular weight is 1180 g/mol. The lowest BCUT2D eigenvalue weighted by Crippen LogP contribution is -2.53. The number of ketones is 6. The number of carbonyl (C=O) groups is 10. The van der Waals surface area contributed by atoms with Crippen molar-refractivity contribution < 1.29 is 57.4 Å². The molecule has 0 heterocycles. The normalized spacial score (nSPS) is 14.2. The summed E-state index contributed by atoms with van der Waals surface area (Å²) in [5, 5.41) is 8.66. The molecule has 4 aromatic carbocycles. The second kappa shape index (κ2) is 33.6. The summed E-state index contributed by atoms with van der Waals surface area (Å²) in [6.45, 7) is 20.5. The zero-order chi connectivity index (χ0) is 63.9. The van der Waals surface area contributed by atoms with Crippen LogP contribution in [0.1, 0.15) is 186 Å². The van der Waals surface area contributed by atoms with Gasteiger partial charge < -0.3 is 30.3 Å². The molecule has 2 unspecified atom stereocenters. The molecule has 7 atom stereocenters. The van der Waals surface area contributed by atoms with Crippen molar-refractivity contribution in [2.75, 3.05) is 13.7 Å². The highest BCUT2D eigenvalue weighted by atomic mass is 16.5. The van der Waals surface area contributed by atoms with E-state index in [2.05, 4.69) is 22.9 Å². The van der Waals surface area contributed by atoms with Gasteiger partial charge >= 0.3 is 0 Å². The van der Waals surface area contributed by atoms with Crippen LogP contribution < -0.4 is 16.0 Å². The molecule has 4 rings (SSSR count). The van der Waals surface area contributed by atoms with E-state index in [9.17, 15) is 47.9 Å². The second-order valence-corrected chi connectivity index (χ2v) is 24.8. The maximum Gasteiger partial charge on any atom is 0.226 e. The van der Waals surface area contributed by atoms with E-state index in [4.69, 9.17) is 9.47 Å². The molecule has 0 saturated heterocycles. The number of amides is 4. The van der Waals surface area contributed by atoms with Crippen LogP contribution in [0.2, 0.25) is 0 Å². The molecule has 0 aromatic heterocycles. The summed E-state index contributed by atoms with van der Waals surface area (Å²) in [5.41, 5.74) is 1.02. The monoisotopic (exact) mass is 1180 g/mol. The van der Waals surface area contributed by atoms with Crippen molar-refractivity contribution in [2.45, 2.75) is 201 Å². The summed E-state index contributed by atoms with van der Waals surface area (Å²) in [7, 11) is 1.41. The van der Waals surface area contributed by atoms with Crippen molar-refractivity contribution in [1.29, 1.82) is 0 Å². The first kappa shape index (κ1) is 71.2. The van der Waals surface area contributed by atoms with Gasteiger partial charge in [-0.3, -0.25) is 47.9 Å². The number of rotatable bonds is 36. The standard InChI is InChI=1S/C70H94N4O12/c1-14-16-17-21-28-50-35-37-51(38-36-50)59(77)43-52(45-85-68(7,8)9)67(84)71-48(5)58(76)39-40-63(81)74(13)64(49(6)86-69(10,11)12)61(79)42-47(4)66(83)72-56(60(78)41-46(3)65(82)57(75)15-2)44-62(80)73-70(53-29-22-18-23-30-53,54-31-24-19-25-32-54)55-33-26-20-27-34-55/h18-20,22-27,29-38,46-49,52,56,64H,14-17,21,28,39-45H2,1-13H3,(H,71,84)(H,72,83)(H,73,80)/t46?,47-,48-,49?,52-,56+,64+/m1/s1. The van der Waals surface area contributed by atoms with Crippen LogP contribution in [0, 0.1) is 17.8 Å². The van der Waals surface area contributed by atoms with Crippen molar-refractivity contribution >= 4 is 58.3 Å². The Morgan fingerprint density at radius 3 is 1.59 bits per heavy atom. The third-order valence-corrected chi connectivity index (χ3v) is 15.2. The lowest BCUT2D eigenvalue weighted by atomic mass is 9.76. The van der Waals surface area contributed by atoms with Gasteiger partial charge in [0.25, 0.3) is 0 Å². The Morgan fingerprint density at radius 1 is 0.558 bits per heavy atom. The number of benzene rings is 4. The van der Waals surface area contributed by atoms with Gasteiger partial charge in [0.05, 0.1) is 48.3 Å². The van der Waals surface area contributed by atoms with E-state index >= 15 is 0 Å². The number of ether oxygens (including phenoxy) is 2. The maximum atomic E-state index is 14.7. The Labute approximate surface area is 510 Å². The van der Waals surface area contributed by atoms with Crippen molar-refractivity contribution in [2.24, 2.45) is 17.8 Å². The molecule has 16 nitrogen and oxygen atoms in total. The number of unbranched alkanes of at least 4 members (excludes halogenated alkanes) is 3. The molecule has 0 fully saturated rings. The van der Waals surface area contributed by atoms with Gasteiger partial charge in [0.1, 0.15) is 11.6 Å². The van der Waals surface area contributed by atoms with E-state index in [1.165, 1.54) is 46.1 Å². The zero-order valence-electron chi connectivity index (χ0n) is 53.0. The molecule has 16 heteroatoms. The van der Waals surface area contributed by atoms with Crippen molar-refractivity contribution in [3.05, 3.63) is 143 Å². The van der Waals surface area contributed by atoms with E-state index < -0.39 is 131 Å². The molecule has 0 aliphatic heterocycles. The molecule has 4 amide bonds. The predicted octanol–water partition coefficient (Wildman–Crippen LogP) is 10.4. The smallest absolute Gasteiger partial charge is 0.226 e. The Bertz CT molecular complexity index is 2820. The first-order valence-corrected chi connectivity index (χ1v) is 30.4. The van der Waals surface area contributed by atoms with Crippen LogP contribution in [0.25, 0.3) is 0 Å². The highest BCUT2D eigenvalue weighted by molar-refractivity contribution is 6.38. The first-order valence-electron chi connectivity index (χ1n) is 30.4. The summed E-state index contributed by atoms with van der Waals surface area (Å²) in [6.07, 6.45) is 2.10. The summed E-state index contributed by atoms with van der Waals surface area (Å²) in [4.78, 5) is 140. The van der Waals surface area contributed by atoms with Gasteiger partial charge in [0.15, 0.2) is 28.9 Å². The summed E-state index contributed by atoms with van der Waals surface area (Å²) in [6, 6.07) is 31.5. The Balaban J connectivity index is 1.53. The fourth-order valence-corrected chi connectivity index (χ4v) is 10.4. The highest BCUT2D eigenvalue weighted by Gasteiger charge is 2.41. The molecular weight excluding hydrogens is 1090 g/mol. The van der Waals surface area contributed by atoms with Crippen LogP contribution in [-0.2, 0) is 64.6 Å².